The van der Waals surface area contributed by atoms with Crippen LogP contribution in [0.5, 0.6) is 0 Å². The van der Waals surface area contributed by atoms with Gasteiger partial charge in [0.15, 0.2) is 0 Å². The van der Waals surface area contributed by atoms with Gasteiger partial charge in [-0.15, -0.1) is 15.3 Å². The average molecular weight is 484 g/mol. The molecule has 8 nitrogen and oxygen atoms in total. The van der Waals surface area contributed by atoms with Crippen molar-refractivity contribution in [3.05, 3.63) is 88.1 Å². The number of Topliss-reactive ketones (excluding diaryl/α,β-unsaturated/α-hetero) is 1. The van der Waals surface area contributed by atoms with Crippen molar-refractivity contribution in [2.24, 2.45) is 0 Å². The predicted molar refractivity (Wildman–Crippen MR) is 135 cm³/mol. The zero-order valence-electron chi connectivity index (χ0n) is 19.4. The second-order valence-corrected chi connectivity index (χ2v) is 9.07. The van der Waals surface area contributed by atoms with Gasteiger partial charge in [0.05, 0.1) is 6.54 Å². The minimum Gasteiger partial charge on any atom is -0.291 e. The molecule has 0 bridgehead atoms. The Bertz CT molecular complexity index is 1390. The van der Waals surface area contributed by atoms with Crippen LogP contribution in [0.15, 0.2) is 65.4 Å². The number of carbonyl (C=O) groups is 1. The van der Waals surface area contributed by atoms with Gasteiger partial charge in [0.25, 0.3) is 0 Å². The van der Waals surface area contributed by atoms with E-state index in [1.165, 1.54) is 5.56 Å². The highest BCUT2D eigenvalue weighted by atomic mass is 32.1. The fraction of sp³-hybridized carbons (Fsp3) is 0.231. The fourth-order valence-electron chi connectivity index (χ4n) is 4.00. The molecule has 0 aliphatic carbocycles. The van der Waals surface area contributed by atoms with E-state index in [1.54, 1.807) is 11.3 Å². The van der Waals surface area contributed by atoms with Gasteiger partial charge >= 0.3 is 0 Å². The Morgan fingerprint density at radius 2 is 1.83 bits per heavy atom. The van der Waals surface area contributed by atoms with Crippen molar-refractivity contribution in [2.45, 2.75) is 39.2 Å². The first kappa shape index (κ1) is 22.8. The summed E-state index contributed by atoms with van der Waals surface area (Å²) < 4.78 is 1.86. The van der Waals surface area contributed by atoms with E-state index in [0.717, 1.165) is 40.9 Å². The average Bonchev–Trinajstić information content (AvgIpc) is 3.67. The third-order valence-electron chi connectivity index (χ3n) is 5.80. The Labute approximate surface area is 207 Å². The summed E-state index contributed by atoms with van der Waals surface area (Å²) in [5.41, 5.74) is 5.28. The van der Waals surface area contributed by atoms with Crippen molar-refractivity contribution in [1.82, 2.24) is 35.4 Å². The molecule has 0 unspecified atom stereocenters. The molecule has 0 aliphatic heterocycles. The van der Waals surface area contributed by atoms with Gasteiger partial charge in [0.1, 0.15) is 5.82 Å². The van der Waals surface area contributed by atoms with Crippen LogP contribution in [0.25, 0.3) is 22.5 Å². The lowest BCUT2D eigenvalue weighted by molar-refractivity contribution is 0.0972. The Hall–Kier alpha value is -3.98. The Balaban J connectivity index is 1.33. The zero-order chi connectivity index (χ0) is 24.0. The number of nitrogens with zero attached hydrogens (tertiary/aromatic N) is 6. The van der Waals surface area contributed by atoms with Crippen LogP contribution in [-0.2, 0) is 19.4 Å². The largest absolute Gasteiger partial charge is 0.291 e. The monoisotopic (exact) mass is 483 g/mol. The normalized spacial score (nSPS) is 11.1. The van der Waals surface area contributed by atoms with Gasteiger partial charge in [0, 0.05) is 18.4 Å². The standard InChI is InChI=1S/C26H25N7OS/c1-2-5-24-27-26(23(34)13-10-19-14-15-35-17-19)30-33(24)16-18-8-11-20(12-9-18)21-6-3-4-7-22(21)25-28-31-32-29-25/h3-4,6-9,11-12,14-15,17H,2,5,10,13,16H2,1H3,(H,28,29,31,32). The predicted octanol–water partition coefficient (Wildman–Crippen LogP) is 5.00. The highest BCUT2D eigenvalue weighted by Gasteiger charge is 2.17. The second kappa shape index (κ2) is 10.5. The molecule has 0 saturated heterocycles. The van der Waals surface area contributed by atoms with Crippen LogP contribution >= 0.6 is 11.3 Å². The molecule has 9 heteroatoms. The number of nitrogens with one attached hydrogen (secondary N) is 1. The van der Waals surface area contributed by atoms with Crippen LogP contribution in [0.1, 0.15) is 47.3 Å². The van der Waals surface area contributed by atoms with Gasteiger partial charge in [-0.25, -0.2) is 9.67 Å². The summed E-state index contributed by atoms with van der Waals surface area (Å²) >= 11 is 1.64. The summed E-state index contributed by atoms with van der Waals surface area (Å²) in [4.78, 5) is 17.3. The lowest BCUT2D eigenvalue weighted by Gasteiger charge is -2.09. The minimum absolute atomic E-state index is 0.0132. The smallest absolute Gasteiger partial charge is 0.217 e. The van der Waals surface area contributed by atoms with Gasteiger partial charge < -0.3 is 0 Å². The quantitative estimate of drug-likeness (QED) is 0.280. The Kier molecular flexibility index (Phi) is 6.85. The summed E-state index contributed by atoms with van der Waals surface area (Å²) in [5.74, 6) is 1.71. The molecule has 0 aliphatic rings. The van der Waals surface area contributed by atoms with Crippen molar-refractivity contribution in [2.75, 3.05) is 0 Å². The highest BCUT2D eigenvalue weighted by molar-refractivity contribution is 7.07. The summed E-state index contributed by atoms with van der Waals surface area (Å²) in [6.07, 6.45) is 2.85. The van der Waals surface area contributed by atoms with Crippen LogP contribution in [0.4, 0.5) is 0 Å². The summed E-state index contributed by atoms with van der Waals surface area (Å²) in [5, 5.41) is 23.1. The number of carbonyl (C=O) groups excluding carboxylic acids is 1. The molecular formula is C26H25N7OS. The number of H-pyrrole nitrogens is 1. The second-order valence-electron chi connectivity index (χ2n) is 8.29. The van der Waals surface area contributed by atoms with Crippen LogP contribution in [0.3, 0.4) is 0 Å². The molecule has 5 rings (SSSR count). The Morgan fingerprint density at radius 3 is 2.54 bits per heavy atom. The van der Waals surface area contributed by atoms with Crippen LogP contribution in [0.2, 0.25) is 0 Å². The van der Waals surface area contributed by atoms with Gasteiger partial charge in [-0.2, -0.15) is 16.6 Å². The number of hydrogen-bond acceptors (Lipinski definition) is 7. The summed E-state index contributed by atoms with van der Waals surface area (Å²) in [6, 6.07) is 18.4. The van der Waals surface area contributed by atoms with Crippen molar-refractivity contribution in [3.8, 4) is 22.5 Å². The van der Waals surface area contributed by atoms with Gasteiger partial charge in [-0.1, -0.05) is 55.5 Å². The van der Waals surface area contributed by atoms with Gasteiger partial charge in [0.2, 0.25) is 17.4 Å². The molecule has 3 aromatic heterocycles. The summed E-state index contributed by atoms with van der Waals surface area (Å²) in [7, 11) is 0. The number of tetrazole rings is 1. The SMILES string of the molecule is CCCc1nc(C(=O)CCc2ccsc2)nn1Cc1ccc(-c2ccccc2-c2nn[nH]n2)cc1. The third kappa shape index (κ3) is 5.25. The zero-order valence-corrected chi connectivity index (χ0v) is 20.2. The molecule has 5 aromatic rings. The third-order valence-corrected chi connectivity index (χ3v) is 6.53. The number of hydrogen-bond donors (Lipinski definition) is 1. The lowest BCUT2D eigenvalue weighted by Crippen LogP contribution is -2.08. The number of aryl methyl sites for hydroxylation is 2. The number of aromatic amines is 1. The van der Waals surface area contributed by atoms with Crippen LogP contribution in [-0.4, -0.2) is 41.2 Å². The van der Waals surface area contributed by atoms with Gasteiger partial charge in [-0.05, 0) is 57.1 Å². The highest BCUT2D eigenvalue weighted by Crippen LogP contribution is 2.29. The number of thiophene rings is 1. The fourth-order valence-corrected chi connectivity index (χ4v) is 4.70. The number of ketones is 1. The van der Waals surface area contributed by atoms with E-state index in [-0.39, 0.29) is 5.78 Å². The Morgan fingerprint density at radius 1 is 1.00 bits per heavy atom. The topological polar surface area (TPSA) is 102 Å². The molecular weight excluding hydrogens is 458 g/mol. The van der Waals surface area contributed by atoms with Crippen molar-refractivity contribution in [1.29, 1.82) is 0 Å². The first-order valence-electron chi connectivity index (χ1n) is 11.6. The molecule has 0 spiro atoms. The van der Waals surface area contributed by atoms with E-state index in [0.29, 0.717) is 31.0 Å². The number of benzene rings is 2. The number of aromatic nitrogens is 7. The molecule has 176 valence electrons. The molecule has 3 heterocycles. The van der Waals surface area contributed by atoms with E-state index >= 15 is 0 Å². The van der Waals surface area contributed by atoms with Crippen molar-refractivity contribution in [3.63, 3.8) is 0 Å². The first-order valence-corrected chi connectivity index (χ1v) is 12.6. The van der Waals surface area contributed by atoms with E-state index in [9.17, 15) is 4.79 Å². The molecule has 0 atom stereocenters. The van der Waals surface area contributed by atoms with Crippen molar-refractivity contribution >= 4 is 17.1 Å². The van der Waals surface area contributed by atoms with Gasteiger partial charge in [-0.3, -0.25) is 4.79 Å². The molecule has 0 radical (unpaired) electrons. The molecule has 0 saturated carbocycles. The maximum Gasteiger partial charge on any atom is 0.217 e. The van der Waals surface area contributed by atoms with Crippen LogP contribution in [0, 0.1) is 0 Å². The van der Waals surface area contributed by atoms with E-state index in [1.807, 2.05) is 34.3 Å². The molecule has 1 N–H and O–H groups in total. The number of rotatable bonds is 10. The molecule has 2 aromatic carbocycles. The maximum atomic E-state index is 12.7. The molecule has 0 amide bonds. The van der Waals surface area contributed by atoms with Crippen molar-refractivity contribution < 1.29 is 4.79 Å². The van der Waals surface area contributed by atoms with E-state index in [2.05, 4.69) is 73.3 Å². The summed E-state index contributed by atoms with van der Waals surface area (Å²) in [6.45, 7) is 2.67. The molecule has 35 heavy (non-hydrogen) atoms. The first-order chi connectivity index (χ1) is 17.2. The minimum atomic E-state index is -0.0132. The van der Waals surface area contributed by atoms with E-state index < -0.39 is 0 Å². The van der Waals surface area contributed by atoms with Crippen LogP contribution < -0.4 is 0 Å². The van der Waals surface area contributed by atoms with E-state index in [4.69, 9.17) is 0 Å². The molecule has 0 fully saturated rings. The lowest BCUT2D eigenvalue weighted by atomic mass is 9.98. The maximum absolute atomic E-state index is 12.7.